The number of nitrogens with zero attached hydrogens (tertiary/aromatic N) is 2. The zero-order valence-electron chi connectivity index (χ0n) is 17.1. The predicted octanol–water partition coefficient (Wildman–Crippen LogP) is 3.77. The quantitative estimate of drug-likeness (QED) is 0.382. The van der Waals surface area contributed by atoms with Crippen molar-refractivity contribution in [2.75, 3.05) is 7.11 Å². The Morgan fingerprint density at radius 3 is 2.61 bits per heavy atom. The van der Waals surface area contributed by atoms with Crippen LogP contribution in [-0.2, 0) is 13.0 Å². The van der Waals surface area contributed by atoms with Gasteiger partial charge in [0.1, 0.15) is 10.6 Å². The molecule has 0 saturated heterocycles. The first-order chi connectivity index (χ1) is 15.0. The molecule has 0 amide bonds. The van der Waals surface area contributed by atoms with E-state index in [1.807, 2.05) is 48.5 Å². The van der Waals surface area contributed by atoms with Crippen molar-refractivity contribution in [3.63, 3.8) is 0 Å². The molecule has 0 radical (unpaired) electrons. The number of aromatic nitrogens is 2. The minimum absolute atomic E-state index is 0.211. The Morgan fingerprint density at radius 2 is 1.87 bits per heavy atom. The Hall–Kier alpha value is -3.21. The van der Waals surface area contributed by atoms with Gasteiger partial charge in [-0.05, 0) is 42.3 Å². The maximum absolute atomic E-state index is 13.0. The Balaban J connectivity index is 1.67. The lowest BCUT2D eigenvalue weighted by atomic mass is 10.1. The highest BCUT2D eigenvalue weighted by molar-refractivity contribution is 7.80. The van der Waals surface area contributed by atoms with Crippen molar-refractivity contribution < 1.29 is 4.74 Å². The van der Waals surface area contributed by atoms with Gasteiger partial charge in [-0.15, -0.1) is 24.0 Å². The first-order valence-corrected chi connectivity index (χ1v) is 10.9. The highest BCUT2D eigenvalue weighted by Crippen LogP contribution is 2.18. The van der Waals surface area contributed by atoms with Gasteiger partial charge in [-0.3, -0.25) is 13.8 Å². The van der Waals surface area contributed by atoms with Gasteiger partial charge in [-0.2, -0.15) is 0 Å². The molecule has 4 rings (SSSR count). The third kappa shape index (κ3) is 4.46. The molecular weight excluding hydrogens is 428 g/mol. The largest absolute Gasteiger partial charge is 0.497 e. The molecule has 2 aromatic heterocycles. The zero-order valence-corrected chi connectivity index (χ0v) is 18.8. The normalized spacial score (nSPS) is 10.7. The second-order valence-electron chi connectivity index (χ2n) is 7.07. The van der Waals surface area contributed by atoms with Crippen molar-refractivity contribution in [1.82, 2.24) is 8.97 Å². The number of thiazole rings is 1. The summed E-state index contributed by atoms with van der Waals surface area (Å²) in [7, 11) is 1.63. The Labute approximate surface area is 189 Å². The van der Waals surface area contributed by atoms with E-state index in [-0.39, 0.29) is 17.8 Å². The van der Waals surface area contributed by atoms with Gasteiger partial charge in [-0.25, -0.2) is 4.79 Å². The molecule has 0 fully saturated rings. The summed E-state index contributed by atoms with van der Waals surface area (Å²) in [5.41, 5.74) is 1.81. The van der Waals surface area contributed by atoms with Crippen molar-refractivity contribution in [2.24, 2.45) is 0 Å². The smallest absolute Gasteiger partial charge is 0.336 e. The van der Waals surface area contributed by atoms with E-state index in [4.69, 9.17) is 4.74 Å². The molecule has 7 heteroatoms. The van der Waals surface area contributed by atoms with E-state index in [2.05, 4.69) is 24.5 Å². The molecule has 156 valence electrons. The number of aryl methyl sites for hydroxylation is 1. The van der Waals surface area contributed by atoms with Gasteiger partial charge >= 0.3 is 5.69 Å². The Kier molecular flexibility index (Phi) is 6.03. The fourth-order valence-electron chi connectivity index (χ4n) is 3.26. The van der Waals surface area contributed by atoms with Gasteiger partial charge in [-0.1, -0.05) is 36.1 Å². The fourth-order valence-corrected chi connectivity index (χ4v) is 4.37. The summed E-state index contributed by atoms with van der Waals surface area (Å²) >= 11 is 5.63. The van der Waals surface area contributed by atoms with Crippen molar-refractivity contribution in [2.45, 2.75) is 24.8 Å². The lowest BCUT2D eigenvalue weighted by Gasteiger charge is -2.07. The molecule has 0 N–H and O–H groups in total. The summed E-state index contributed by atoms with van der Waals surface area (Å²) in [5.74, 6) is 7.05. The van der Waals surface area contributed by atoms with Gasteiger partial charge in [0.25, 0.3) is 5.56 Å². The van der Waals surface area contributed by atoms with Crippen LogP contribution in [0.15, 0.2) is 69.2 Å². The highest BCUT2D eigenvalue weighted by Gasteiger charge is 2.14. The molecule has 0 unspecified atom stereocenters. The molecule has 0 saturated carbocycles. The third-order valence-electron chi connectivity index (χ3n) is 4.91. The standard InChI is InChI=1S/C24H20N2O3S2/c1-16-22(27)25(14-18-9-11-20(30)12-10-18)24(28)26-15-21(31-23(16)26)8-4-6-17-5-3-7-19(13-17)29-2/h3,5,7,9-13,15,30H,6,14H2,1-2H3. The summed E-state index contributed by atoms with van der Waals surface area (Å²) in [6.45, 7) is 1.95. The maximum Gasteiger partial charge on any atom is 0.336 e. The number of benzene rings is 2. The molecule has 0 aliphatic rings. The van der Waals surface area contributed by atoms with Crippen molar-refractivity contribution in [3.05, 3.63) is 97.1 Å². The summed E-state index contributed by atoms with van der Waals surface area (Å²) in [4.78, 5) is 28.0. The lowest BCUT2D eigenvalue weighted by molar-refractivity contribution is 0.414. The number of fused-ring (bicyclic) bond motifs is 1. The summed E-state index contributed by atoms with van der Waals surface area (Å²) in [6.07, 6.45) is 2.27. The number of methoxy groups -OCH3 is 1. The minimum atomic E-state index is -0.363. The molecule has 4 aromatic rings. The molecule has 0 aliphatic heterocycles. The van der Waals surface area contributed by atoms with E-state index in [0.29, 0.717) is 16.8 Å². The first kappa shape index (κ1) is 21.0. The van der Waals surface area contributed by atoms with Crippen LogP contribution in [0.25, 0.3) is 4.83 Å². The number of thiol groups is 1. The third-order valence-corrected chi connectivity index (χ3v) is 6.33. The van der Waals surface area contributed by atoms with Gasteiger partial charge in [0.15, 0.2) is 0 Å². The minimum Gasteiger partial charge on any atom is -0.497 e. The second-order valence-corrected chi connectivity index (χ2v) is 8.61. The lowest BCUT2D eigenvalue weighted by Crippen LogP contribution is -2.38. The van der Waals surface area contributed by atoms with Crippen LogP contribution < -0.4 is 16.0 Å². The maximum atomic E-state index is 13.0. The van der Waals surface area contributed by atoms with Gasteiger partial charge in [0.05, 0.1) is 18.5 Å². The Bertz CT molecular complexity index is 1430. The molecule has 2 heterocycles. The molecule has 0 aliphatic carbocycles. The van der Waals surface area contributed by atoms with Gasteiger partial charge in [0, 0.05) is 23.1 Å². The van der Waals surface area contributed by atoms with Crippen LogP contribution >= 0.6 is 24.0 Å². The van der Waals surface area contributed by atoms with Gasteiger partial charge < -0.3 is 4.74 Å². The van der Waals surface area contributed by atoms with Crippen LogP contribution in [0.4, 0.5) is 0 Å². The van der Waals surface area contributed by atoms with E-state index < -0.39 is 0 Å². The molecule has 0 spiro atoms. The topological polar surface area (TPSA) is 52.7 Å². The molecule has 0 bridgehead atoms. The first-order valence-electron chi connectivity index (χ1n) is 9.61. The van der Waals surface area contributed by atoms with Crippen molar-refractivity contribution in [3.8, 4) is 17.6 Å². The average molecular weight is 449 g/mol. The van der Waals surface area contributed by atoms with E-state index in [1.54, 1.807) is 20.2 Å². The summed E-state index contributed by atoms with van der Waals surface area (Å²) in [5, 5.41) is 0. The molecule has 31 heavy (non-hydrogen) atoms. The fraction of sp³-hybridized carbons (Fsp3) is 0.167. The predicted molar refractivity (Wildman–Crippen MR) is 127 cm³/mol. The number of hydrogen-bond donors (Lipinski definition) is 1. The Morgan fingerprint density at radius 1 is 1.10 bits per heavy atom. The van der Waals surface area contributed by atoms with E-state index in [1.165, 1.54) is 20.3 Å². The summed E-state index contributed by atoms with van der Waals surface area (Å²) in [6, 6.07) is 15.2. The zero-order chi connectivity index (χ0) is 22.0. The molecular formula is C24H20N2O3S2. The second kappa shape index (κ2) is 8.88. The van der Waals surface area contributed by atoms with Crippen LogP contribution in [-0.4, -0.2) is 16.1 Å². The number of ether oxygens (including phenoxy) is 1. The summed E-state index contributed by atoms with van der Waals surface area (Å²) < 4.78 is 8.01. The van der Waals surface area contributed by atoms with Gasteiger partial charge in [0.2, 0.25) is 0 Å². The molecule has 5 nitrogen and oxygen atoms in total. The van der Waals surface area contributed by atoms with E-state index in [9.17, 15) is 9.59 Å². The average Bonchev–Trinajstić information content (AvgIpc) is 3.21. The van der Waals surface area contributed by atoms with Crippen LogP contribution in [0.2, 0.25) is 0 Å². The molecule has 2 aromatic carbocycles. The van der Waals surface area contributed by atoms with Crippen LogP contribution in [0.5, 0.6) is 5.75 Å². The van der Waals surface area contributed by atoms with E-state index in [0.717, 1.165) is 26.6 Å². The van der Waals surface area contributed by atoms with Crippen LogP contribution in [0, 0.1) is 18.8 Å². The van der Waals surface area contributed by atoms with E-state index >= 15 is 0 Å². The van der Waals surface area contributed by atoms with Crippen LogP contribution in [0.1, 0.15) is 21.6 Å². The number of rotatable bonds is 4. The number of hydrogen-bond acceptors (Lipinski definition) is 5. The highest BCUT2D eigenvalue weighted by atomic mass is 32.1. The van der Waals surface area contributed by atoms with Crippen molar-refractivity contribution in [1.29, 1.82) is 0 Å². The SMILES string of the molecule is COc1cccc(CC#Cc2cn3c(=O)n(Cc4ccc(S)cc4)c(=O)c(C)c3s2)c1. The van der Waals surface area contributed by atoms with Crippen LogP contribution in [0.3, 0.4) is 0 Å². The molecule has 0 atom stereocenters. The van der Waals surface area contributed by atoms with Crippen molar-refractivity contribution >= 4 is 28.8 Å². The monoisotopic (exact) mass is 448 g/mol.